The topological polar surface area (TPSA) is 41.1 Å². The Morgan fingerprint density at radius 1 is 1.27 bits per heavy atom. The summed E-state index contributed by atoms with van der Waals surface area (Å²) in [6.07, 6.45) is 7.87. The quantitative estimate of drug-likeness (QED) is 0.593. The molecule has 0 aromatic heterocycles. The molecule has 2 aliphatic carbocycles. The number of hydrogen-bond donors (Lipinski definition) is 2. The minimum atomic E-state index is -0.271. The fourth-order valence-corrected chi connectivity index (χ4v) is 3.99. The van der Waals surface area contributed by atoms with Crippen molar-refractivity contribution in [2.24, 2.45) is 22.7 Å². The molecule has 2 fully saturated rings. The van der Waals surface area contributed by atoms with E-state index >= 15 is 0 Å². The van der Waals surface area contributed by atoms with Crippen molar-refractivity contribution in [2.45, 2.75) is 72.3 Å². The third-order valence-corrected chi connectivity index (χ3v) is 5.62. The predicted octanol–water partition coefficient (Wildman–Crippen LogP) is 4.10. The Morgan fingerprint density at radius 3 is 2.27 bits per heavy atom. The fraction of sp³-hybridized carbons (Fsp3) is 0.842. The summed E-state index contributed by atoms with van der Waals surface area (Å²) in [7, 11) is 1.85. The van der Waals surface area contributed by atoms with Gasteiger partial charge in [0.1, 0.15) is 0 Å². The van der Waals surface area contributed by atoms with E-state index in [4.69, 9.17) is 0 Å². The summed E-state index contributed by atoms with van der Waals surface area (Å²) in [5, 5.41) is 0. The SMILES string of the molecule is C=C.CNNC(CC1CCC2(CC2)C(C)C1)C(=O)C(C)(C)C. The Labute approximate surface area is 137 Å². The van der Waals surface area contributed by atoms with Gasteiger partial charge in [0.05, 0.1) is 6.04 Å². The molecule has 22 heavy (non-hydrogen) atoms. The van der Waals surface area contributed by atoms with Crippen molar-refractivity contribution >= 4 is 5.78 Å². The molecule has 128 valence electrons. The second kappa shape index (κ2) is 7.74. The molecule has 0 radical (unpaired) electrons. The zero-order valence-electron chi connectivity index (χ0n) is 15.3. The normalized spacial score (nSPS) is 27.7. The van der Waals surface area contributed by atoms with Gasteiger partial charge in [-0.2, -0.15) is 0 Å². The van der Waals surface area contributed by atoms with Crippen LogP contribution in [0.3, 0.4) is 0 Å². The number of Topliss-reactive ketones (excluding diaryl/α,β-unsaturated/α-hetero) is 1. The molecule has 2 rings (SSSR count). The van der Waals surface area contributed by atoms with E-state index < -0.39 is 0 Å². The van der Waals surface area contributed by atoms with E-state index in [1.807, 2.05) is 27.8 Å². The van der Waals surface area contributed by atoms with Crippen molar-refractivity contribution in [3.63, 3.8) is 0 Å². The van der Waals surface area contributed by atoms with Crippen molar-refractivity contribution in [2.75, 3.05) is 7.05 Å². The lowest BCUT2D eigenvalue weighted by Gasteiger charge is -2.37. The van der Waals surface area contributed by atoms with Crippen molar-refractivity contribution in [1.82, 2.24) is 10.9 Å². The van der Waals surface area contributed by atoms with Crippen LogP contribution in [0.15, 0.2) is 13.2 Å². The van der Waals surface area contributed by atoms with Gasteiger partial charge < -0.3 is 0 Å². The Hall–Kier alpha value is -0.670. The summed E-state index contributed by atoms with van der Waals surface area (Å²) in [6.45, 7) is 14.5. The molecule has 0 bridgehead atoms. The van der Waals surface area contributed by atoms with E-state index in [0.717, 1.165) is 12.3 Å². The maximum atomic E-state index is 12.5. The highest BCUT2D eigenvalue weighted by molar-refractivity contribution is 5.88. The van der Waals surface area contributed by atoms with Crippen LogP contribution < -0.4 is 10.9 Å². The van der Waals surface area contributed by atoms with Crippen molar-refractivity contribution in [3.05, 3.63) is 13.2 Å². The number of ketones is 1. The second-order valence-corrected chi connectivity index (χ2v) is 8.20. The minimum absolute atomic E-state index is 0.0505. The zero-order chi connectivity index (χ0) is 17.0. The first-order valence-electron chi connectivity index (χ1n) is 8.75. The van der Waals surface area contributed by atoms with E-state index in [1.165, 1.54) is 32.1 Å². The van der Waals surface area contributed by atoms with E-state index in [-0.39, 0.29) is 11.5 Å². The maximum absolute atomic E-state index is 12.5. The van der Waals surface area contributed by atoms with E-state index in [9.17, 15) is 4.79 Å². The van der Waals surface area contributed by atoms with Crippen LogP contribution in [0.4, 0.5) is 0 Å². The van der Waals surface area contributed by atoms with Gasteiger partial charge in [-0.25, -0.2) is 5.43 Å². The fourth-order valence-electron chi connectivity index (χ4n) is 3.99. The molecule has 1 spiro atoms. The van der Waals surface area contributed by atoms with Gasteiger partial charge in [-0.1, -0.05) is 27.7 Å². The van der Waals surface area contributed by atoms with Crippen LogP contribution in [0, 0.1) is 22.7 Å². The minimum Gasteiger partial charge on any atom is -0.297 e. The van der Waals surface area contributed by atoms with E-state index in [1.54, 1.807) is 0 Å². The Kier molecular flexibility index (Phi) is 6.82. The highest BCUT2D eigenvalue weighted by Crippen LogP contribution is 2.60. The molecular weight excluding hydrogens is 272 g/mol. The summed E-state index contributed by atoms with van der Waals surface area (Å²) in [5.74, 6) is 1.88. The van der Waals surface area contributed by atoms with Crippen LogP contribution in [0.25, 0.3) is 0 Å². The molecule has 0 heterocycles. The lowest BCUT2D eigenvalue weighted by molar-refractivity contribution is -0.129. The maximum Gasteiger partial charge on any atom is 0.156 e. The lowest BCUT2D eigenvalue weighted by atomic mass is 9.70. The van der Waals surface area contributed by atoms with Crippen molar-refractivity contribution in [1.29, 1.82) is 0 Å². The molecule has 0 saturated heterocycles. The van der Waals surface area contributed by atoms with E-state index in [2.05, 4.69) is 30.9 Å². The standard InChI is InChI=1S/C17H32N2O.C2H4/c1-12-10-13(6-7-17(12)8-9-17)11-14(19-18-5)15(20)16(2,3)4;1-2/h12-14,18-19H,6-11H2,1-5H3;1-2H2. The van der Waals surface area contributed by atoms with E-state index in [0.29, 0.717) is 17.1 Å². The molecule has 0 aromatic carbocycles. The molecule has 3 unspecified atom stereocenters. The molecule has 0 aromatic rings. The molecule has 0 aliphatic heterocycles. The lowest BCUT2D eigenvalue weighted by Crippen LogP contribution is -2.49. The third kappa shape index (κ3) is 4.66. The van der Waals surface area contributed by atoms with Crippen LogP contribution in [0.1, 0.15) is 66.2 Å². The Morgan fingerprint density at radius 2 is 1.86 bits per heavy atom. The summed E-state index contributed by atoms with van der Waals surface area (Å²) in [5.41, 5.74) is 6.60. The first kappa shape index (κ1) is 19.4. The highest BCUT2D eigenvalue weighted by Gasteiger charge is 2.50. The summed E-state index contributed by atoms with van der Waals surface area (Å²) < 4.78 is 0. The van der Waals surface area contributed by atoms with Gasteiger partial charge in [-0.15, -0.1) is 13.2 Å². The van der Waals surface area contributed by atoms with Gasteiger partial charge >= 0.3 is 0 Å². The first-order valence-corrected chi connectivity index (χ1v) is 8.75. The van der Waals surface area contributed by atoms with Crippen LogP contribution in [0.2, 0.25) is 0 Å². The van der Waals surface area contributed by atoms with Crippen LogP contribution in [-0.4, -0.2) is 18.9 Å². The van der Waals surface area contributed by atoms with Gasteiger partial charge in [-0.3, -0.25) is 10.2 Å². The van der Waals surface area contributed by atoms with Crippen molar-refractivity contribution < 1.29 is 4.79 Å². The van der Waals surface area contributed by atoms with Crippen LogP contribution >= 0.6 is 0 Å². The molecule has 3 nitrogen and oxygen atoms in total. The summed E-state index contributed by atoms with van der Waals surface area (Å²) in [4.78, 5) is 12.5. The molecule has 3 atom stereocenters. The third-order valence-electron chi connectivity index (χ3n) is 5.62. The Bertz CT molecular complexity index is 368. The molecule has 2 aliphatic rings. The van der Waals surface area contributed by atoms with Gasteiger partial charge in [0.2, 0.25) is 0 Å². The molecule has 0 amide bonds. The number of carbonyl (C=O) groups is 1. The smallest absolute Gasteiger partial charge is 0.156 e. The number of rotatable bonds is 5. The van der Waals surface area contributed by atoms with Gasteiger partial charge in [0, 0.05) is 5.41 Å². The highest BCUT2D eigenvalue weighted by atomic mass is 16.1. The van der Waals surface area contributed by atoms with Gasteiger partial charge in [0.25, 0.3) is 0 Å². The van der Waals surface area contributed by atoms with Gasteiger partial charge in [0.15, 0.2) is 5.78 Å². The molecule has 3 heteroatoms. The second-order valence-electron chi connectivity index (χ2n) is 8.20. The monoisotopic (exact) mass is 308 g/mol. The van der Waals surface area contributed by atoms with Gasteiger partial charge in [-0.05, 0) is 62.8 Å². The predicted molar refractivity (Wildman–Crippen MR) is 94.5 cm³/mol. The van der Waals surface area contributed by atoms with Crippen molar-refractivity contribution in [3.8, 4) is 0 Å². The number of hydrogen-bond acceptors (Lipinski definition) is 3. The van der Waals surface area contributed by atoms with Crippen LogP contribution in [0.5, 0.6) is 0 Å². The number of hydrazine groups is 1. The summed E-state index contributed by atoms with van der Waals surface area (Å²) >= 11 is 0. The number of nitrogens with one attached hydrogen (secondary N) is 2. The summed E-state index contributed by atoms with van der Waals surface area (Å²) in [6, 6.07) is -0.0505. The number of carbonyl (C=O) groups excluding carboxylic acids is 1. The molecule has 2 saturated carbocycles. The first-order chi connectivity index (χ1) is 10.3. The average Bonchev–Trinajstić information content (AvgIpc) is 3.24. The largest absolute Gasteiger partial charge is 0.297 e. The van der Waals surface area contributed by atoms with Crippen LogP contribution in [-0.2, 0) is 4.79 Å². The zero-order valence-corrected chi connectivity index (χ0v) is 15.3. The molecular formula is C19H36N2O. The average molecular weight is 309 g/mol. The Balaban J connectivity index is 0.00000116. The molecule has 2 N–H and O–H groups in total.